The summed E-state index contributed by atoms with van der Waals surface area (Å²) in [6, 6.07) is -2.37. The molecule has 104 valence electrons. The van der Waals surface area contributed by atoms with E-state index in [2.05, 4.69) is 10.6 Å². The highest BCUT2D eigenvalue weighted by molar-refractivity contribution is 5.87. The average molecular weight is 261 g/mol. The largest absolute Gasteiger partial charge is 0.480 e. The molecular formula is C10H19N3O5. The predicted molar refractivity (Wildman–Crippen MR) is 62.5 cm³/mol. The molecule has 6 N–H and O–H groups in total. The molecule has 0 rings (SSSR count). The number of nitrogens with two attached hydrogens (primary N) is 1. The third-order valence-electron chi connectivity index (χ3n) is 2.18. The van der Waals surface area contributed by atoms with E-state index in [1.165, 1.54) is 0 Å². The summed E-state index contributed by atoms with van der Waals surface area (Å²) in [7, 11) is 0. The molecule has 0 radical (unpaired) electrons. The summed E-state index contributed by atoms with van der Waals surface area (Å²) in [5, 5.41) is 22.2. The highest BCUT2D eigenvalue weighted by Gasteiger charge is 2.23. The Hall–Kier alpha value is -1.67. The number of carboxylic acid groups (broad SMARTS) is 1. The zero-order valence-corrected chi connectivity index (χ0v) is 10.2. The number of carbonyl (C=O) groups is 3. The van der Waals surface area contributed by atoms with Gasteiger partial charge in [0.15, 0.2) is 0 Å². The van der Waals surface area contributed by atoms with Gasteiger partial charge in [-0.05, 0) is 13.3 Å². The molecule has 8 heteroatoms. The van der Waals surface area contributed by atoms with Crippen LogP contribution in [0, 0.1) is 0 Å². The van der Waals surface area contributed by atoms with Crippen LogP contribution in [0.4, 0.5) is 0 Å². The maximum Gasteiger partial charge on any atom is 0.326 e. The Morgan fingerprint density at radius 2 is 1.94 bits per heavy atom. The molecule has 0 saturated carbocycles. The highest BCUT2D eigenvalue weighted by Crippen LogP contribution is 1.98. The van der Waals surface area contributed by atoms with Gasteiger partial charge in [0, 0.05) is 13.0 Å². The summed E-state index contributed by atoms with van der Waals surface area (Å²) in [5.41, 5.74) is 5.23. The van der Waals surface area contributed by atoms with E-state index in [1.807, 2.05) is 0 Å². The van der Waals surface area contributed by atoms with Crippen LogP contribution in [-0.4, -0.2) is 53.2 Å². The molecule has 0 bridgehead atoms. The lowest BCUT2D eigenvalue weighted by atomic mass is 10.1. The van der Waals surface area contributed by atoms with Gasteiger partial charge >= 0.3 is 5.97 Å². The quantitative estimate of drug-likeness (QED) is 0.335. The maximum atomic E-state index is 11.3. The molecule has 0 aromatic heterocycles. The van der Waals surface area contributed by atoms with Gasteiger partial charge in [-0.1, -0.05) is 0 Å². The third-order valence-corrected chi connectivity index (χ3v) is 2.18. The minimum absolute atomic E-state index is 0.0144. The van der Waals surface area contributed by atoms with Crippen molar-refractivity contribution in [1.29, 1.82) is 0 Å². The lowest BCUT2D eigenvalue weighted by molar-refractivity contribution is -0.142. The van der Waals surface area contributed by atoms with Crippen molar-refractivity contribution in [2.45, 2.75) is 31.8 Å². The van der Waals surface area contributed by atoms with E-state index in [0.29, 0.717) is 6.54 Å². The molecule has 0 aromatic carbocycles. The van der Waals surface area contributed by atoms with E-state index >= 15 is 0 Å². The van der Waals surface area contributed by atoms with Crippen molar-refractivity contribution in [3.05, 3.63) is 0 Å². The standard InChI is InChI=1S/C10H19N3O5/c1-2-12-8(15)4-3-7(10(17)18)13-9(16)6(11)5-14/h6-7,14H,2-5,11H2,1H3,(H,12,15)(H,13,16)(H,17,18)/t6-,7-/m0/s1. The maximum absolute atomic E-state index is 11.3. The first kappa shape index (κ1) is 16.3. The molecule has 0 saturated heterocycles. The second-order valence-electron chi connectivity index (χ2n) is 3.68. The Kier molecular flexibility index (Phi) is 7.64. The first-order valence-electron chi connectivity index (χ1n) is 5.58. The number of aliphatic hydroxyl groups is 1. The topological polar surface area (TPSA) is 142 Å². The number of amides is 2. The average Bonchev–Trinajstić information content (AvgIpc) is 2.32. The second-order valence-corrected chi connectivity index (χ2v) is 3.68. The normalized spacial score (nSPS) is 13.5. The van der Waals surface area contributed by atoms with E-state index in [-0.39, 0.29) is 18.7 Å². The fourth-order valence-corrected chi connectivity index (χ4v) is 1.18. The Balaban J connectivity index is 4.28. The number of aliphatic carboxylic acids is 1. The number of hydrogen-bond acceptors (Lipinski definition) is 5. The molecule has 0 aliphatic carbocycles. The number of carboxylic acids is 1. The monoisotopic (exact) mass is 261 g/mol. The molecule has 0 aliphatic heterocycles. The summed E-state index contributed by atoms with van der Waals surface area (Å²) in [6.45, 7) is 1.63. The van der Waals surface area contributed by atoms with Gasteiger partial charge in [0.1, 0.15) is 12.1 Å². The minimum Gasteiger partial charge on any atom is -0.480 e. The molecule has 8 nitrogen and oxygen atoms in total. The van der Waals surface area contributed by atoms with Crippen LogP contribution in [0.3, 0.4) is 0 Å². The molecule has 0 heterocycles. The third kappa shape index (κ3) is 6.16. The van der Waals surface area contributed by atoms with Crippen LogP contribution in [0.2, 0.25) is 0 Å². The van der Waals surface area contributed by atoms with Crippen LogP contribution in [0.5, 0.6) is 0 Å². The fraction of sp³-hybridized carbons (Fsp3) is 0.700. The Labute approximate surface area is 105 Å². The van der Waals surface area contributed by atoms with Gasteiger partial charge in [0.25, 0.3) is 0 Å². The summed E-state index contributed by atoms with van der Waals surface area (Å²) in [4.78, 5) is 33.3. The summed E-state index contributed by atoms with van der Waals surface area (Å²) in [6.07, 6.45) is -0.0511. The molecule has 2 atom stereocenters. The molecule has 0 fully saturated rings. The van der Waals surface area contributed by atoms with Crippen molar-refractivity contribution in [3.63, 3.8) is 0 Å². The van der Waals surface area contributed by atoms with Gasteiger partial charge in [-0.2, -0.15) is 0 Å². The van der Waals surface area contributed by atoms with Crippen LogP contribution in [0.15, 0.2) is 0 Å². The number of nitrogens with one attached hydrogen (secondary N) is 2. The van der Waals surface area contributed by atoms with E-state index in [9.17, 15) is 14.4 Å². The molecule has 0 aromatic rings. The number of carbonyl (C=O) groups excluding carboxylic acids is 2. The Bertz CT molecular complexity index is 308. The summed E-state index contributed by atoms with van der Waals surface area (Å²) >= 11 is 0. The predicted octanol–water partition coefficient (Wildman–Crippen LogP) is -2.21. The van der Waals surface area contributed by atoms with Gasteiger partial charge in [-0.25, -0.2) is 4.79 Å². The molecule has 0 spiro atoms. The van der Waals surface area contributed by atoms with Crippen LogP contribution in [0.25, 0.3) is 0 Å². The molecule has 0 unspecified atom stereocenters. The first-order valence-corrected chi connectivity index (χ1v) is 5.58. The fourth-order valence-electron chi connectivity index (χ4n) is 1.18. The van der Waals surface area contributed by atoms with Gasteiger partial charge in [-0.3, -0.25) is 9.59 Å². The first-order chi connectivity index (χ1) is 8.42. The molecular weight excluding hydrogens is 242 g/mol. The van der Waals surface area contributed by atoms with Gasteiger partial charge in [-0.15, -0.1) is 0 Å². The smallest absolute Gasteiger partial charge is 0.326 e. The van der Waals surface area contributed by atoms with Crippen molar-refractivity contribution in [3.8, 4) is 0 Å². The van der Waals surface area contributed by atoms with E-state index in [4.69, 9.17) is 15.9 Å². The minimum atomic E-state index is -1.25. The second kappa shape index (κ2) is 8.43. The van der Waals surface area contributed by atoms with E-state index in [0.717, 1.165) is 0 Å². The van der Waals surface area contributed by atoms with Crippen molar-refractivity contribution in [2.24, 2.45) is 5.73 Å². The summed E-state index contributed by atoms with van der Waals surface area (Å²) in [5.74, 6) is -2.30. The summed E-state index contributed by atoms with van der Waals surface area (Å²) < 4.78 is 0. The zero-order valence-electron chi connectivity index (χ0n) is 10.2. The Morgan fingerprint density at radius 1 is 1.33 bits per heavy atom. The molecule has 2 amide bonds. The Morgan fingerprint density at radius 3 is 2.39 bits per heavy atom. The van der Waals surface area contributed by atoms with Crippen LogP contribution in [0.1, 0.15) is 19.8 Å². The van der Waals surface area contributed by atoms with Crippen molar-refractivity contribution < 1.29 is 24.6 Å². The van der Waals surface area contributed by atoms with Crippen molar-refractivity contribution in [2.75, 3.05) is 13.2 Å². The van der Waals surface area contributed by atoms with E-state index < -0.39 is 30.6 Å². The van der Waals surface area contributed by atoms with Crippen molar-refractivity contribution in [1.82, 2.24) is 10.6 Å². The SMILES string of the molecule is CCNC(=O)CC[C@H](NC(=O)[C@@H](N)CO)C(=O)O. The molecule has 18 heavy (non-hydrogen) atoms. The van der Waals surface area contributed by atoms with Crippen LogP contribution >= 0.6 is 0 Å². The van der Waals surface area contributed by atoms with Gasteiger partial charge in [0.2, 0.25) is 11.8 Å². The van der Waals surface area contributed by atoms with Gasteiger partial charge < -0.3 is 26.6 Å². The van der Waals surface area contributed by atoms with Crippen molar-refractivity contribution >= 4 is 17.8 Å². The van der Waals surface area contributed by atoms with Crippen LogP contribution < -0.4 is 16.4 Å². The highest BCUT2D eigenvalue weighted by atomic mass is 16.4. The number of rotatable bonds is 8. The number of aliphatic hydroxyl groups excluding tert-OH is 1. The van der Waals surface area contributed by atoms with Gasteiger partial charge in [0.05, 0.1) is 6.61 Å². The lowest BCUT2D eigenvalue weighted by Crippen LogP contribution is -2.50. The lowest BCUT2D eigenvalue weighted by Gasteiger charge is -2.16. The van der Waals surface area contributed by atoms with Crippen LogP contribution in [-0.2, 0) is 14.4 Å². The van der Waals surface area contributed by atoms with E-state index in [1.54, 1.807) is 6.92 Å². The number of hydrogen-bond donors (Lipinski definition) is 5. The molecule has 0 aliphatic rings. The zero-order chi connectivity index (χ0) is 14.1.